The normalized spacial score (nSPS) is 17.9. The van der Waals surface area contributed by atoms with Crippen molar-refractivity contribution in [2.45, 2.75) is 12.6 Å². The number of nitrogens with zero attached hydrogens (tertiary/aromatic N) is 2. The second-order valence-electron chi connectivity index (χ2n) is 4.65. The van der Waals surface area contributed by atoms with Crippen LogP contribution < -0.4 is 5.32 Å². The number of hydrogen-bond donors (Lipinski definition) is 1. The highest BCUT2D eigenvalue weighted by atomic mass is 16.2. The summed E-state index contributed by atoms with van der Waals surface area (Å²) in [5.41, 5.74) is 2.09. The van der Waals surface area contributed by atoms with E-state index in [0.717, 1.165) is 11.1 Å². The van der Waals surface area contributed by atoms with Gasteiger partial charge in [0.1, 0.15) is 0 Å². The Morgan fingerprint density at radius 2 is 1.65 bits per heavy atom. The quantitative estimate of drug-likeness (QED) is 0.911. The van der Waals surface area contributed by atoms with Crippen LogP contribution in [0.1, 0.15) is 17.2 Å². The van der Waals surface area contributed by atoms with E-state index in [4.69, 9.17) is 0 Å². The average Bonchev–Trinajstić information content (AvgIpc) is 2.51. The highest BCUT2D eigenvalue weighted by molar-refractivity contribution is 5.84. The van der Waals surface area contributed by atoms with Crippen molar-refractivity contribution in [3.8, 4) is 0 Å². The number of hydrogen-bond acceptors (Lipinski definition) is 2. The third kappa shape index (κ3) is 2.69. The van der Waals surface area contributed by atoms with Crippen LogP contribution in [0.4, 0.5) is 4.79 Å². The molecule has 4 nitrogen and oxygen atoms in total. The Morgan fingerprint density at radius 3 is 2.30 bits per heavy atom. The first kappa shape index (κ1) is 12.4. The van der Waals surface area contributed by atoms with Gasteiger partial charge in [-0.05, 0) is 11.1 Å². The Hall–Kier alpha value is -2.62. The fourth-order valence-corrected chi connectivity index (χ4v) is 2.14. The van der Waals surface area contributed by atoms with E-state index in [-0.39, 0.29) is 12.1 Å². The predicted molar refractivity (Wildman–Crippen MR) is 78.2 cm³/mol. The third-order valence-corrected chi connectivity index (χ3v) is 3.20. The van der Waals surface area contributed by atoms with Crippen LogP contribution in [0.2, 0.25) is 0 Å². The minimum absolute atomic E-state index is 0.157. The Kier molecular flexibility index (Phi) is 3.46. The molecule has 1 N–H and O–H groups in total. The molecule has 4 heteroatoms. The van der Waals surface area contributed by atoms with E-state index >= 15 is 0 Å². The molecule has 1 atom stereocenters. The lowest BCUT2D eigenvalue weighted by Gasteiger charge is -2.26. The highest BCUT2D eigenvalue weighted by Crippen LogP contribution is 2.16. The lowest BCUT2D eigenvalue weighted by molar-refractivity contribution is 0.192. The van der Waals surface area contributed by atoms with Gasteiger partial charge in [0, 0.05) is 0 Å². The number of carbonyl (C=O) groups is 1. The van der Waals surface area contributed by atoms with E-state index in [1.54, 1.807) is 6.21 Å². The maximum absolute atomic E-state index is 12.1. The van der Waals surface area contributed by atoms with Crippen LogP contribution in [0.15, 0.2) is 65.8 Å². The molecule has 2 aromatic rings. The van der Waals surface area contributed by atoms with Crippen molar-refractivity contribution in [3.05, 3.63) is 71.8 Å². The van der Waals surface area contributed by atoms with E-state index in [9.17, 15) is 4.79 Å². The van der Waals surface area contributed by atoms with E-state index in [0.29, 0.717) is 6.54 Å². The number of rotatable bonds is 3. The molecule has 1 heterocycles. The molecule has 1 aliphatic rings. The smallest absolute Gasteiger partial charge is 0.325 e. The number of benzene rings is 2. The molecular weight excluding hydrogens is 250 g/mol. The molecule has 0 aliphatic carbocycles. The van der Waals surface area contributed by atoms with Gasteiger partial charge in [-0.25, -0.2) is 9.80 Å². The molecule has 3 rings (SSSR count). The van der Waals surface area contributed by atoms with Gasteiger partial charge in [-0.3, -0.25) is 0 Å². The van der Waals surface area contributed by atoms with Crippen LogP contribution in [0.25, 0.3) is 0 Å². The standard InChI is InChI=1S/C16H15N3O/c20-16-18-15(14-9-5-2-6-10-14)11-17-19(16)12-13-7-3-1-4-8-13/h1-11,15H,12H2,(H,18,20). The highest BCUT2D eigenvalue weighted by Gasteiger charge is 2.22. The number of hydrazone groups is 1. The minimum atomic E-state index is -0.176. The number of carbonyl (C=O) groups excluding carboxylic acids is 1. The molecule has 0 saturated carbocycles. The molecule has 2 amide bonds. The lowest BCUT2D eigenvalue weighted by Crippen LogP contribution is -2.43. The van der Waals surface area contributed by atoms with Crippen LogP contribution in [-0.4, -0.2) is 17.3 Å². The van der Waals surface area contributed by atoms with Crippen molar-refractivity contribution in [1.82, 2.24) is 10.3 Å². The van der Waals surface area contributed by atoms with Gasteiger partial charge in [-0.2, -0.15) is 5.10 Å². The molecule has 0 saturated heterocycles. The fourth-order valence-electron chi connectivity index (χ4n) is 2.14. The fraction of sp³-hybridized carbons (Fsp3) is 0.125. The molecule has 0 spiro atoms. The molecule has 0 fully saturated rings. The monoisotopic (exact) mass is 265 g/mol. The molecule has 1 aliphatic heterocycles. The summed E-state index contributed by atoms with van der Waals surface area (Å²) >= 11 is 0. The summed E-state index contributed by atoms with van der Waals surface area (Å²) in [6, 6.07) is 19.3. The first-order valence-electron chi connectivity index (χ1n) is 6.54. The van der Waals surface area contributed by atoms with Crippen LogP contribution in [0.3, 0.4) is 0 Å². The molecule has 1 unspecified atom stereocenters. The molecule has 2 aromatic carbocycles. The van der Waals surface area contributed by atoms with E-state index < -0.39 is 0 Å². The van der Waals surface area contributed by atoms with E-state index in [1.807, 2.05) is 60.7 Å². The summed E-state index contributed by atoms with van der Waals surface area (Å²) in [4.78, 5) is 12.1. The number of urea groups is 1. The molecule has 0 aromatic heterocycles. The molecular formula is C16H15N3O. The van der Waals surface area contributed by atoms with Crippen LogP contribution in [-0.2, 0) is 6.54 Å². The summed E-state index contributed by atoms with van der Waals surface area (Å²) in [6.45, 7) is 0.477. The third-order valence-electron chi connectivity index (χ3n) is 3.20. The van der Waals surface area contributed by atoms with Gasteiger partial charge in [-0.15, -0.1) is 0 Å². The first-order valence-corrected chi connectivity index (χ1v) is 6.54. The van der Waals surface area contributed by atoms with Crippen molar-refractivity contribution in [2.24, 2.45) is 5.10 Å². The van der Waals surface area contributed by atoms with Gasteiger partial charge in [0.15, 0.2) is 0 Å². The molecule has 0 radical (unpaired) electrons. The Labute approximate surface area is 117 Å². The van der Waals surface area contributed by atoms with E-state index in [2.05, 4.69) is 10.4 Å². The van der Waals surface area contributed by atoms with Crippen LogP contribution in [0.5, 0.6) is 0 Å². The summed E-state index contributed by atoms with van der Waals surface area (Å²) < 4.78 is 0. The predicted octanol–water partition coefficient (Wildman–Crippen LogP) is 2.94. The zero-order valence-corrected chi connectivity index (χ0v) is 10.9. The SMILES string of the molecule is O=C1NC(c2ccccc2)C=NN1Cc1ccccc1. The molecule has 20 heavy (non-hydrogen) atoms. The van der Waals surface area contributed by atoms with Crippen molar-refractivity contribution in [2.75, 3.05) is 0 Å². The minimum Gasteiger partial charge on any atom is -0.325 e. The largest absolute Gasteiger partial charge is 0.338 e. The van der Waals surface area contributed by atoms with Gasteiger partial charge in [0.25, 0.3) is 0 Å². The van der Waals surface area contributed by atoms with Crippen molar-refractivity contribution in [1.29, 1.82) is 0 Å². The maximum Gasteiger partial charge on any atom is 0.338 e. The van der Waals surface area contributed by atoms with Crippen LogP contribution in [0, 0.1) is 0 Å². The summed E-state index contributed by atoms with van der Waals surface area (Å²) in [5, 5.41) is 8.64. The number of nitrogens with one attached hydrogen (secondary N) is 1. The Balaban J connectivity index is 1.73. The van der Waals surface area contributed by atoms with Crippen molar-refractivity contribution in [3.63, 3.8) is 0 Å². The Bertz CT molecular complexity index is 610. The zero-order chi connectivity index (χ0) is 13.8. The molecule has 0 bridgehead atoms. The second kappa shape index (κ2) is 5.57. The topological polar surface area (TPSA) is 44.7 Å². The Morgan fingerprint density at radius 1 is 1.00 bits per heavy atom. The van der Waals surface area contributed by atoms with Crippen molar-refractivity contribution < 1.29 is 4.79 Å². The van der Waals surface area contributed by atoms with Crippen LogP contribution >= 0.6 is 0 Å². The summed E-state index contributed by atoms with van der Waals surface area (Å²) in [7, 11) is 0. The zero-order valence-electron chi connectivity index (χ0n) is 10.9. The van der Waals surface area contributed by atoms with Gasteiger partial charge < -0.3 is 5.32 Å². The van der Waals surface area contributed by atoms with Gasteiger partial charge in [0.05, 0.1) is 18.8 Å². The van der Waals surface area contributed by atoms with Gasteiger partial charge in [0.2, 0.25) is 0 Å². The van der Waals surface area contributed by atoms with Gasteiger partial charge in [-0.1, -0.05) is 60.7 Å². The summed E-state index contributed by atoms with van der Waals surface area (Å²) in [5.74, 6) is 0. The lowest BCUT2D eigenvalue weighted by atomic mass is 10.1. The maximum atomic E-state index is 12.1. The first-order chi connectivity index (χ1) is 9.83. The van der Waals surface area contributed by atoms with E-state index in [1.165, 1.54) is 5.01 Å². The van der Waals surface area contributed by atoms with Gasteiger partial charge >= 0.3 is 6.03 Å². The second-order valence-corrected chi connectivity index (χ2v) is 4.65. The van der Waals surface area contributed by atoms with Crippen molar-refractivity contribution >= 4 is 12.2 Å². The average molecular weight is 265 g/mol. The molecule has 100 valence electrons. The number of amides is 2. The summed E-state index contributed by atoms with van der Waals surface area (Å²) in [6.07, 6.45) is 1.76.